The molecular weight excluding hydrogens is 368 g/mol. The second kappa shape index (κ2) is 10.2. The van der Waals surface area contributed by atoms with Gasteiger partial charge in [0.25, 0.3) is 0 Å². The topological polar surface area (TPSA) is 109 Å². The van der Waals surface area contributed by atoms with Gasteiger partial charge in [-0.2, -0.15) is 34.0 Å². The average molecular weight is 399 g/mol. The number of thioether (sulfide) groups is 2. The van der Waals surface area contributed by atoms with Crippen LogP contribution in [0.1, 0.15) is 52.2 Å². The van der Waals surface area contributed by atoms with Crippen LogP contribution in [0.2, 0.25) is 0 Å². The van der Waals surface area contributed by atoms with Crippen LogP contribution in [0.15, 0.2) is 0 Å². The first-order valence-corrected chi connectivity index (χ1v) is 11.3. The molecule has 0 aromatic carbocycles. The summed E-state index contributed by atoms with van der Waals surface area (Å²) in [5.74, 6) is 6.37. The van der Waals surface area contributed by atoms with Crippen LogP contribution in [0.3, 0.4) is 0 Å². The van der Waals surface area contributed by atoms with E-state index >= 15 is 0 Å². The molecule has 0 aliphatic rings. The molecule has 2 aromatic heterocycles. The molecule has 146 valence electrons. The van der Waals surface area contributed by atoms with Gasteiger partial charge in [0.15, 0.2) is 11.6 Å². The van der Waals surface area contributed by atoms with Crippen LogP contribution < -0.4 is 0 Å². The molecule has 26 heavy (non-hydrogen) atoms. The minimum absolute atomic E-state index is 0.212. The van der Waals surface area contributed by atoms with Gasteiger partial charge in [-0.3, -0.25) is 0 Å². The molecule has 0 saturated carbocycles. The smallest absolute Gasteiger partial charge is 0.175 e. The first-order chi connectivity index (χ1) is 12.4. The highest BCUT2D eigenvalue weighted by Gasteiger charge is 2.21. The summed E-state index contributed by atoms with van der Waals surface area (Å²) in [5.41, 5.74) is 0.423. The van der Waals surface area contributed by atoms with E-state index in [-0.39, 0.29) is 10.8 Å². The summed E-state index contributed by atoms with van der Waals surface area (Å²) < 4.78 is 0. The lowest BCUT2D eigenvalue weighted by Gasteiger charge is -2.23. The molecule has 2 rings (SSSR count). The highest BCUT2D eigenvalue weighted by atomic mass is 32.2. The SMILES string of the molecule is CC(C)(CCSCCSCCC(C)(C)Cc1nn[nH]n1)Cc1nn[nH]n1. The molecule has 2 heterocycles. The van der Waals surface area contributed by atoms with E-state index in [1.165, 1.54) is 23.0 Å². The maximum Gasteiger partial charge on any atom is 0.175 e. The molecule has 0 bridgehead atoms. The van der Waals surface area contributed by atoms with E-state index in [1.54, 1.807) is 0 Å². The summed E-state index contributed by atoms with van der Waals surface area (Å²) in [4.78, 5) is 0. The van der Waals surface area contributed by atoms with E-state index in [0.29, 0.717) is 0 Å². The first kappa shape index (κ1) is 21.1. The molecule has 2 N–H and O–H groups in total. The Morgan fingerprint density at radius 3 is 1.46 bits per heavy atom. The standard InChI is InChI=1S/C16H30N8S2/c1-15(2,11-13-17-21-22-18-13)5-7-25-9-10-26-8-6-16(3,4)12-14-19-23-24-20-14/h5-12H2,1-4H3,(H,17,18,21,22)(H,19,20,23,24). The fraction of sp³-hybridized carbons (Fsp3) is 0.875. The number of aromatic amines is 2. The molecule has 0 aliphatic carbocycles. The van der Waals surface area contributed by atoms with Crippen molar-refractivity contribution >= 4 is 23.5 Å². The summed E-state index contributed by atoms with van der Waals surface area (Å²) in [6, 6.07) is 0. The molecule has 2 aromatic rings. The van der Waals surface area contributed by atoms with Gasteiger partial charge in [-0.1, -0.05) is 38.1 Å². The van der Waals surface area contributed by atoms with Crippen LogP contribution in [-0.2, 0) is 12.8 Å². The third-order valence-electron chi connectivity index (χ3n) is 4.27. The zero-order valence-corrected chi connectivity index (χ0v) is 17.8. The highest BCUT2D eigenvalue weighted by Crippen LogP contribution is 2.28. The van der Waals surface area contributed by atoms with Gasteiger partial charge in [-0.05, 0) is 35.2 Å². The quantitative estimate of drug-likeness (QED) is 0.496. The predicted molar refractivity (Wildman–Crippen MR) is 107 cm³/mol. The van der Waals surface area contributed by atoms with Crippen LogP contribution in [0.4, 0.5) is 0 Å². The minimum atomic E-state index is 0.212. The third kappa shape index (κ3) is 8.48. The van der Waals surface area contributed by atoms with Crippen molar-refractivity contribution in [2.24, 2.45) is 10.8 Å². The van der Waals surface area contributed by atoms with Gasteiger partial charge in [0.05, 0.1) is 0 Å². The Balaban J connectivity index is 1.49. The zero-order valence-electron chi connectivity index (χ0n) is 16.2. The largest absolute Gasteiger partial charge is 0.177 e. The van der Waals surface area contributed by atoms with Gasteiger partial charge in [0.2, 0.25) is 0 Å². The molecular formula is C16H30N8S2. The Morgan fingerprint density at radius 2 is 1.12 bits per heavy atom. The number of H-pyrrole nitrogens is 2. The molecule has 10 heteroatoms. The summed E-state index contributed by atoms with van der Waals surface area (Å²) in [7, 11) is 0. The van der Waals surface area contributed by atoms with Crippen molar-refractivity contribution in [1.82, 2.24) is 41.2 Å². The molecule has 8 nitrogen and oxygen atoms in total. The molecule has 0 fully saturated rings. The van der Waals surface area contributed by atoms with Crippen LogP contribution in [0.5, 0.6) is 0 Å². The highest BCUT2D eigenvalue weighted by molar-refractivity contribution is 8.02. The van der Waals surface area contributed by atoms with Gasteiger partial charge in [0.1, 0.15) is 0 Å². The van der Waals surface area contributed by atoms with Crippen molar-refractivity contribution in [2.75, 3.05) is 23.0 Å². The van der Waals surface area contributed by atoms with Crippen molar-refractivity contribution in [2.45, 2.75) is 53.4 Å². The van der Waals surface area contributed by atoms with Crippen molar-refractivity contribution in [1.29, 1.82) is 0 Å². The molecule has 0 saturated heterocycles. The first-order valence-electron chi connectivity index (χ1n) is 8.96. The van der Waals surface area contributed by atoms with Crippen molar-refractivity contribution < 1.29 is 0 Å². The number of hydrogen-bond donors (Lipinski definition) is 2. The average Bonchev–Trinajstić information content (AvgIpc) is 3.23. The maximum absolute atomic E-state index is 4.05. The van der Waals surface area contributed by atoms with E-state index in [1.807, 2.05) is 23.5 Å². The fourth-order valence-electron chi connectivity index (χ4n) is 2.57. The van der Waals surface area contributed by atoms with Gasteiger partial charge in [-0.15, -0.1) is 20.4 Å². The maximum atomic E-state index is 4.05. The third-order valence-corrected chi connectivity index (χ3v) is 6.50. The van der Waals surface area contributed by atoms with Crippen molar-refractivity contribution in [3.63, 3.8) is 0 Å². The second-order valence-electron chi connectivity index (χ2n) is 8.06. The minimum Gasteiger partial charge on any atom is -0.177 e. The molecule has 0 atom stereocenters. The van der Waals surface area contributed by atoms with Crippen LogP contribution in [0, 0.1) is 10.8 Å². The van der Waals surface area contributed by atoms with E-state index < -0.39 is 0 Å². The lowest BCUT2D eigenvalue weighted by Crippen LogP contribution is -2.17. The zero-order chi connectivity index (χ0) is 18.9. The number of tetrazole rings is 2. The number of aromatic nitrogens is 8. The number of rotatable bonds is 13. The van der Waals surface area contributed by atoms with E-state index in [9.17, 15) is 0 Å². The van der Waals surface area contributed by atoms with Crippen LogP contribution in [0.25, 0.3) is 0 Å². The van der Waals surface area contributed by atoms with E-state index in [0.717, 1.165) is 37.3 Å². The molecule has 0 spiro atoms. The lowest BCUT2D eigenvalue weighted by molar-refractivity contribution is 0.344. The van der Waals surface area contributed by atoms with Gasteiger partial charge in [-0.25, -0.2) is 0 Å². The molecule has 0 aliphatic heterocycles. The summed E-state index contributed by atoms with van der Waals surface area (Å²) in [6.07, 6.45) is 4.06. The second-order valence-corrected chi connectivity index (χ2v) is 10.5. The summed E-state index contributed by atoms with van der Waals surface area (Å²) in [5, 5.41) is 28.5. The van der Waals surface area contributed by atoms with Crippen molar-refractivity contribution in [3.8, 4) is 0 Å². The Bertz CT molecular complexity index is 544. The number of nitrogens with one attached hydrogen (secondary N) is 2. The lowest BCUT2D eigenvalue weighted by atomic mass is 9.86. The van der Waals surface area contributed by atoms with Gasteiger partial charge >= 0.3 is 0 Å². The Kier molecular flexibility index (Phi) is 8.33. The summed E-state index contributed by atoms with van der Waals surface area (Å²) in [6.45, 7) is 9.07. The van der Waals surface area contributed by atoms with Gasteiger partial charge in [0, 0.05) is 24.3 Å². The number of nitrogens with zero attached hydrogens (tertiary/aromatic N) is 6. The molecule has 0 amide bonds. The molecule has 0 unspecified atom stereocenters. The number of hydrogen-bond acceptors (Lipinski definition) is 8. The van der Waals surface area contributed by atoms with Crippen LogP contribution >= 0.6 is 23.5 Å². The predicted octanol–water partition coefficient (Wildman–Crippen LogP) is 2.80. The van der Waals surface area contributed by atoms with E-state index in [2.05, 4.69) is 68.9 Å². The molecule has 0 radical (unpaired) electrons. The summed E-state index contributed by atoms with van der Waals surface area (Å²) >= 11 is 4.07. The van der Waals surface area contributed by atoms with Crippen molar-refractivity contribution in [3.05, 3.63) is 11.6 Å². The normalized spacial score (nSPS) is 12.6. The Labute approximate surface area is 163 Å². The fourth-order valence-corrected chi connectivity index (χ4v) is 5.31. The Hall–Kier alpha value is -1.16. The van der Waals surface area contributed by atoms with E-state index in [4.69, 9.17) is 0 Å². The van der Waals surface area contributed by atoms with Gasteiger partial charge < -0.3 is 0 Å². The monoisotopic (exact) mass is 398 g/mol. The van der Waals surface area contributed by atoms with Crippen LogP contribution in [-0.4, -0.2) is 64.3 Å². The Morgan fingerprint density at radius 1 is 0.692 bits per heavy atom.